The third-order valence-electron chi connectivity index (χ3n) is 11.8. The molecule has 4 N–H and O–H groups in total. The minimum Gasteiger partial charge on any atom is -0.368 e. The average Bonchev–Trinajstić information content (AvgIpc) is 3.95. The van der Waals surface area contributed by atoms with Crippen molar-refractivity contribution >= 4 is 79.1 Å². The number of nitro groups is 1. The van der Waals surface area contributed by atoms with E-state index in [1.165, 1.54) is 13.8 Å². The summed E-state index contributed by atoms with van der Waals surface area (Å²) in [5, 5.41) is 23.4. The summed E-state index contributed by atoms with van der Waals surface area (Å²) in [7, 11) is 0. The Hall–Kier alpha value is -6.67. The van der Waals surface area contributed by atoms with Crippen molar-refractivity contribution in [2.45, 2.75) is 91.0 Å². The van der Waals surface area contributed by atoms with E-state index in [4.69, 9.17) is 4.98 Å². The van der Waals surface area contributed by atoms with Gasteiger partial charge in [-0.1, -0.05) is 44.2 Å². The Morgan fingerprint density at radius 1 is 0.877 bits per heavy atom. The Bertz CT molecular complexity index is 2620. The lowest BCUT2D eigenvalue weighted by molar-refractivity contribution is -0.380. The number of nitrogens with one attached hydrogen (secondary N) is 4. The third kappa shape index (κ3) is 11.5. The lowest BCUT2D eigenvalue weighted by atomic mass is 10.0. The molecule has 1 saturated heterocycles. The highest BCUT2D eigenvalue weighted by molar-refractivity contribution is 7.19. The van der Waals surface area contributed by atoms with Crippen molar-refractivity contribution in [2.24, 2.45) is 0 Å². The SMILES string of the molecule is CC(=O)c1c(C)c2cnc(Nc3ccc(N4CCN(CC(=O)NCCCCCCCC(=O)Nc5ccccc5C(=O)Nc5nc(C)c([N+](=O)[O-])s5)CC4)cn3)nc2n(C2CCCC2)c1=O. The van der Waals surface area contributed by atoms with Crippen LogP contribution in [0.4, 0.5) is 33.3 Å². The first-order valence-electron chi connectivity index (χ1n) is 22.1. The maximum absolute atomic E-state index is 13.6. The third-order valence-corrected chi connectivity index (χ3v) is 12.9. The first-order valence-corrected chi connectivity index (χ1v) is 22.9. The average molecular weight is 907 g/mol. The summed E-state index contributed by atoms with van der Waals surface area (Å²) in [5.74, 6) is -0.133. The zero-order valence-corrected chi connectivity index (χ0v) is 37.7. The minimum absolute atomic E-state index is 0.00476. The van der Waals surface area contributed by atoms with E-state index in [9.17, 15) is 34.1 Å². The number of piperazine rings is 1. The maximum Gasteiger partial charge on any atom is 0.348 e. The van der Waals surface area contributed by atoms with Gasteiger partial charge in [-0.3, -0.25) is 48.9 Å². The second-order valence-corrected chi connectivity index (χ2v) is 17.5. The molecule has 65 heavy (non-hydrogen) atoms. The van der Waals surface area contributed by atoms with E-state index in [2.05, 4.69) is 46.0 Å². The summed E-state index contributed by atoms with van der Waals surface area (Å²) in [5.41, 5.74) is 2.78. The molecule has 2 fully saturated rings. The van der Waals surface area contributed by atoms with Crippen LogP contribution in [-0.2, 0) is 9.59 Å². The molecule has 19 nitrogen and oxygen atoms in total. The predicted octanol–water partition coefficient (Wildman–Crippen LogP) is 6.70. The highest BCUT2D eigenvalue weighted by atomic mass is 32.1. The molecular formula is C45H54N12O7S. The Balaban J connectivity index is 0.776. The summed E-state index contributed by atoms with van der Waals surface area (Å²) >= 11 is 0.773. The fourth-order valence-electron chi connectivity index (χ4n) is 8.44. The van der Waals surface area contributed by atoms with Gasteiger partial charge in [0.25, 0.3) is 11.5 Å². The van der Waals surface area contributed by atoms with Crippen LogP contribution in [0.5, 0.6) is 0 Å². The van der Waals surface area contributed by atoms with Gasteiger partial charge in [0.05, 0.1) is 40.2 Å². The molecule has 0 spiro atoms. The van der Waals surface area contributed by atoms with E-state index >= 15 is 0 Å². The zero-order valence-electron chi connectivity index (χ0n) is 36.9. The van der Waals surface area contributed by atoms with E-state index in [0.717, 1.165) is 94.6 Å². The Morgan fingerprint density at radius 3 is 2.32 bits per heavy atom. The van der Waals surface area contributed by atoms with Crippen molar-refractivity contribution in [3.8, 4) is 0 Å². The van der Waals surface area contributed by atoms with Gasteiger partial charge in [0.15, 0.2) is 10.9 Å². The van der Waals surface area contributed by atoms with Gasteiger partial charge in [-0.25, -0.2) is 15.0 Å². The number of nitrogens with zero attached hydrogens (tertiary/aromatic N) is 8. The number of thiazole rings is 1. The van der Waals surface area contributed by atoms with Crippen molar-refractivity contribution in [1.29, 1.82) is 0 Å². The summed E-state index contributed by atoms with van der Waals surface area (Å²) in [6, 6.07) is 10.4. The van der Waals surface area contributed by atoms with Crippen LogP contribution in [0.3, 0.4) is 0 Å². The minimum atomic E-state index is -0.543. The van der Waals surface area contributed by atoms with Crippen molar-refractivity contribution in [2.75, 3.05) is 60.1 Å². The number of ketones is 1. The van der Waals surface area contributed by atoms with E-state index in [0.29, 0.717) is 53.6 Å². The highest BCUT2D eigenvalue weighted by Gasteiger charge is 2.27. The molecule has 5 heterocycles. The van der Waals surface area contributed by atoms with Crippen LogP contribution >= 0.6 is 11.3 Å². The van der Waals surface area contributed by atoms with Crippen molar-refractivity contribution in [3.05, 3.63) is 91.6 Å². The standard InChI is InChI=1S/C45H54N12O7S/c1-28-34-26-48-44(52-40(34)56(31-13-8-9-14-31)42(62)39(28)30(3)58)51-36-19-18-32(25-47-36)55-23-21-54(22-24-55)27-38(60)46-20-12-6-4-5-7-17-37(59)50-35-16-11-10-15-33(35)41(61)53-45-49-29(2)43(65-45)57(63)64/h10-11,15-16,18-19,25-26,31H,4-9,12-14,17,20-24,27H2,1-3H3,(H,46,60)(H,50,59)(H,49,53,61)(H,47,48,51,52). The summed E-state index contributed by atoms with van der Waals surface area (Å²) < 4.78 is 1.69. The summed E-state index contributed by atoms with van der Waals surface area (Å²) in [4.78, 5) is 97.3. The van der Waals surface area contributed by atoms with Gasteiger partial charge in [0.1, 0.15) is 17.2 Å². The molecule has 0 radical (unpaired) electrons. The Morgan fingerprint density at radius 2 is 1.62 bits per heavy atom. The van der Waals surface area contributed by atoms with Gasteiger partial charge in [-0.05, 0) is 87.6 Å². The number of rotatable bonds is 19. The highest BCUT2D eigenvalue weighted by Crippen LogP contribution is 2.33. The molecule has 0 bridgehead atoms. The Labute approximate surface area is 379 Å². The van der Waals surface area contributed by atoms with E-state index in [1.807, 2.05) is 12.1 Å². The molecule has 5 aromatic rings. The first-order chi connectivity index (χ1) is 31.4. The van der Waals surface area contributed by atoms with Gasteiger partial charge in [-0.15, -0.1) is 0 Å². The lowest BCUT2D eigenvalue weighted by Gasteiger charge is -2.35. The summed E-state index contributed by atoms with van der Waals surface area (Å²) in [6.07, 6.45) is 11.7. The number of hydrogen-bond donors (Lipinski definition) is 4. The molecule has 0 unspecified atom stereocenters. The molecule has 2 aliphatic rings. The van der Waals surface area contributed by atoms with Crippen molar-refractivity contribution < 1.29 is 24.1 Å². The van der Waals surface area contributed by atoms with Crippen LogP contribution in [0.2, 0.25) is 0 Å². The van der Waals surface area contributed by atoms with Gasteiger partial charge in [0.2, 0.25) is 17.8 Å². The molecule has 1 aromatic carbocycles. The fourth-order valence-corrected chi connectivity index (χ4v) is 9.22. The molecule has 20 heteroatoms. The predicted molar refractivity (Wildman–Crippen MR) is 249 cm³/mol. The quantitative estimate of drug-likeness (QED) is 0.0292. The van der Waals surface area contributed by atoms with Gasteiger partial charge in [0, 0.05) is 56.8 Å². The number of Topliss-reactive ketones (excluding diaryl/α,β-unsaturated/α-hetero) is 1. The molecule has 0 atom stereocenters. The van der Waals surface area contributed by atoms with Crippen LogP contribution < -0.4 is 31.7 Å². The van der Waals surface area contributed by atoms with Gasteiger partial charge in [-0.2, -0.15) is 4.98 Å². The number of fused-ring (bicyclic) bond motifs is 1. The van der Waals surface area contributed by atoms with Crippen LogP contribution in [0.15, 0.2) is 53.6 Å². The van der Waals surface area contributed by atoms with Crippen molar-refractivity contribution in [3.63, 3.8) is 0 Å². The number of para-hydroxylation sites is 1. The second kappa shape index (κ2) is 21.3. The van der Waals surface area contributed by atoms with E-state index in [-0.39, 0.29) is 62.6 Å². The molecule has 342 valence electrons. The van der Waals surface area contributed by atoms with Gasteiger partial charge >= 0.3 is 5.00 Å². The molecule has 1 aliphatic heterocycles. The lowest BCUT2D eigenvalue weighted by Crippen LogP contribution is -2.49. The molecule has 7 rings (SSSR count). The van der Waals surface area contributed by atoms with Crippen LogP contribution in [0.25, 0.3) is 11.0 Å². The van der Waals surface area contributed by atoms with E-state index in [1.54, 1.807) is 48.1 Å². The molecule has 1 saturated carbocycles. The number of amides is 3. The molecule has 3 amide bonds. The number of anilines is 5. The van der Waals surface area contributed by atoms with E-state index < -0.39 is 10.8 Å². The maximum atomic E-state index is 13.6. The number of hydrogen-bond acceptors (Lipinski definition) is 15. The number of aryl methyl sites for hydroxylation is 2. The normalized spacial score (nSPS) is 14.4. The number of unbranched alkanes of at least 4 members (excludes halogenated alkanes) is 4. The molecular weight excluding hydrogens is 853 g/mol. The second-order valence-electron chi connectivity index (χ2n) is 16.5. The smallest absolute Gasteiger partial charge is 0.348 e. The molecule has 1 aliphatic carbocycles. The number of benzene rings is 1. The number of carbonyl (C=O) groups is 4. The Kier molecular flexibility index (Phi) is 15.2. The topological polar surface area (TPSA) is 240 Å². The van der Waals surface area contributed by atoms with Crippen LogP contribution in [0.1, 0.15) is 109 Å². The van der Waals surface area contributed by atoms with Crippen LogP contribution in [-0.4, -0.2) is 97.1 Å². The van der Waals surface area contributed by atoms with Crippen LogP contribution in [0, 0.1) is 24.0 Å². The fraction of sp³-hybridized carbons (Fsp3) is 0.444. The van der Waals surface area contributed by atoms with Gasteiger partial charge < -0.3 is 20.9 Å². The number of aromatic nitrogens is 5. The first kappa shape index (κ1) is 46.3. The largest absolute Gasteiger partial charge is 0.368 e. The molecule has 4 aromatic heterocycles. The summed E-state index contributed by atoms with van der Waals surface area (Å²) in [6.45, 7) is 8.58. The monoisotopic (exact) mass is 906 g/mol. The zero-order chi connectivity index (χ0) is 46.0. The van der Waals surface area contributed by atoms with Crippen molar-refractivity contribution in [1.82, 2.24) is 34.7 Å². The number of pyridine rings is 2. The number of carbonyl (C=O) groups excluding carboxylic acids is 4.